The molecule has 0 saturated carbocycles. The van der Waals surface area contributed by atoms with Crippen LogP contribution < -0.4 is 0 Å². The van der Waals surface area contributed by atoms with Gasteiger partial charge in [0.2, 0.25) is 0 Å². The number of aromatic carboxylic acids is 1. The van der Waals surface area contributed by atoms with E-state index in [0.717, 1.165) is 43.8 Å². The van der Waals surface area contributed by atoms with Crippen LogP contribution in [0.3, 0.4) is 0 Å². The molecule has 0 atom stereocenters. The number of nitrogens with zero attached hydrogens (tertiary/aromatic N) is 2. The number of morpholine rings is 1. The average Bonchev–Trinajstić information content (AvgIpc) is 2.86. The van der Waals surface area contributed by atoms with E-state index in [4.69, 9.17) is 4.74 Å². The normalized spacial score (nSPS) is 16.5. The number of carboxylic acid groups (broad SMARTS) is 1. The molecule has 0 amide bonds. The van der Waals surface area contributed by atoms with Crippen LogP contribution in [0.1, 0.15) is 35.8 Å². The van der Waals surface area contributed by atoms with Crippen molar-refractivity contribution in [2.75, 3.05) is 26.3 Å². The minimum Gasteiger partial charge on any atom is -0.478 e. The van der Waals surface area contributed by atoms with Crippen molar-refractivity contribution in [3.63, 3.8) is 0 Å². The summed E-state index contributed by atoms with van der Waals surface area (Å²) in [6, 6.07) is 5.74. The van der Waals surface area contributed by atoms with E-state index in [1.165, 1.54) is 5.56 Å². The molecule has 118 valence electrons. The number of hydrogen-bond acceptors (Lipinski definition) is 3. The van der Waals surface area contributed by atoms with Gasteiger partial charge in [-0.15, -0.1) is 0 Å². The fourth-order valence-electron chi connectivity index (χ4n) is 3.01. The van der Waals surface area contributed by atoms with Gasteiger partial charge in [0.1, 0.15) is 0 Å². The number of benzene rings is 1. The maximum atomic E-state index is 11.3. The van der Waals surface area contributed by atoms with E-state index in [1.54, 1.807) is 12.1 Å². The lowest BCUT2D eigenvalue weighted by Gasteiger charge is -2.26. The molecule has 3 rings (SSSR count). The molecule has 1 aromatic carbocycles. The van der Waals surface area contributed by atoms with E-state index in [-0.39, 0.29) is 0 Å². The average molecular weight is 302 g/mol. The van der Waals surface area contributed by atoms with E-state index >= 15 is 0 Å². The van der Waals surface area contributed by atoms with Gasteiger partial charge in [-0.05, 0) is 37.6 Å². The molecule has 2 aromatic rings. The molecular weight excluding hydrogens is 280 g/mol. The molecule has 0 unspecified atom stereocenters. The Balaban J connectivity index is 2.02. The molecule has 1 aromatic heterocycles. The third kappa shape index (κ3) is 2.87. The summed E-state index contributed by atoms with van der Waals surface area (Å²) >= 11 is 0. The monoisotopic (exact) mass is 302 g/mol. The van der Waals surface area contributed by atoms with Crippen molar-refractivity contribution in [3.05, 3.63) is 35.5 Å². The Bertz CT molecular complexity index is 685. The summed E-state index contributed by atoms with van der Waals surface area (Å²) in [5.41, 5.74) is 2.63. The lowest BCUT2D eigenvalue weighted by Crippen LogP contribution is -2.35. The molecule has 0 aliphatic carbocycles. The summed E-state index contributed by atoms with van der Waals surface area (Å²) in [6.45, 7) is 8.50. The van der Waals surface area contributed by atoms with Crippen LogP contribution in [0.4, 0.5) is 0 Å². The maximum absolute atomic E-state index is 11.3. The SMILES string of the molecule is CC(C)n1cc(CN2CCOCC2)c2cc(C(=O)O)ccc21. The van der Waals surface area contributed by atoms with E-state index in [9.17, 15) is 9.90 Å². The zero-order valence-corrected chi connectivity index (χ0v) is 13.1. The van der Waals surface area contributed by atoms with Gasteiger partial charge in [-0.2, -0.15) is 0 Å². The summed E-state index contributed by atoms with van der Waals surface area (Å²) in [6.07, 6.45) is 2.16. The molecule has 0 radical (unpaired) electrons. The Kier molecular flexibility index (Phi) is 4.18. The van der Waals surface area contributed by atoms with E-state index in [2.05, 4.69) is 29.5 Å². The summed E-state index contributed by atoms with van der Waals surface area (Å²) in [5, 5.41) is 10.3. The Morgan fingerprint density at radius 2 is 2.05 bits per heavy atom. The minimum atomic E-state index is -0.878. The third-order valence-corrected chi connectivity index (χ3v) is 4.22. The first kappa shape index (κ1) is 15.1. The fourth-order valence-corrected chi connectivity index (χ4v) is 3.01. The van der Waals surface area contributed by atoms with Crippen LogP contribution in [0.5, 0.6) is 0 Å². The second-order valence-corrected chi connectivity index (χ2v) is 6.08. The Morgan fingerprint density at radius 3 is 2.68 bits per heavy atom. The van der Waals surface area contributed by atoms with Gasteiger partial charge in [0.15, 0.2) is 0 Å². The Morgan fingerprint density at radius 1 is 1.32 bits per heavy atom. The Hall–Kier alpha value is -1.85. The van der Waals surface area contributed by atoms with Crippen molar-refractivity contribution in [1.29, 1.82) is 0 Å². The molecule has 0 spiro atoms. The lowest BCUT2D eigenvalue weighted by atomic mass is 10.1. The van der Waals surface area contributed by atoms with Crippen LogP contribution in [0.25, 0.3) is 10.9 Å². The molecule has 0 bridgehead atoms. The zero-order chi connectivity index (χ0) is 15.7. The Labute approximate surface area is 130 Å². The first-order valence-electron chi connectivity index (χ1n) is 7.73. The van der Waals surface area contributed by atoms with E-state index < -0.39 is 5.97 Å². The molecule has 5 heteroatoms. The third-order valence-electron chi connectivity index (χ3n) is 4.22. The zero-order valence-electron chi connectivity index (χ0n) is 13.1. The maximum Gasteiger partial charge on any atom is 0.335 e. The molecule has 5 nitrogen and oxygen atoms in total. The highest BCUT2D eigenvalue weighted by Gasteiger charge is 2.17. The highest BCUT2D eigenvalue weighted by Crippen LogP contribution is 2.27. The number of rotatable bonds is 4. The van der Waals surface area contributed by atoms with Gasteiger partial charge in [0.05, 0.1) is 18.8 Å². The van der Waals surface area contributed by atoms with Gasteiger partial charge < -0.3 is 14.4 Å². The second kappa shape index (κ2) is 6.10. The number of aromatic nitrogens is 1. The molecule has 2 heterocycles. The van der Waals surface area contributed by atoms with Gasteiger partial charge in [0, 0.05) is 42.8 Å². The molecule has 1 fully saturated rings. The summed E-state index contributed by atoms with van der Waals surface area (Å²) in [4.78, 5) is 13.6. The van der Waals surface area contributed by atoms with Crippen molar-refractivity contribution >= 4 is 16.9 Å². The molecule has 1 N–H and O–H groups in total. The van der Waals surface area contributed by atoms with Gasteiger partial charge in [0.25, 0.3) is 0 Å². The van der Waals surface area contributed by atoms with Crippen molar-refractivity contribution in [1.82, 2.24) is 9.47 Å². The molecule has 22 heavy (non-hydrogen) atoms. The topological polar surface area (TPSA) is 54.7 Å². The fraction of sp³-hybridized carbons (Fsp3) is 0.471. The smallest absolute Gasteiger partial charge is 0.335 e. The van der Waals surface area contributed by atoms with E-state index in [0.29, 0.717) is 11.6 Å². The number of carboxylic acids is 1. The predicted octanol–water partition coefficient (Wildman–Crippen LogP) is 2.75. The van der Waals surface area contributed by atoms with Gasteiger partial charge in [-0.25, -0.2) is 4.79 Å². The molecular formula is C17H22N2O3. The van der Waals surface area contributed by atoms with Crippen molar-refractivity contribution < 1.29 is 14.6 Å². The second-order valence-electron chi connectivity index (χ2n) is 6.08. The van der Waals surface area contributed by atoms with Gasteiger partial charge in [-0.1, -0.05) is 0 Å². The molecule has 1 aliphatic heterocycles. The number of ether oxygens (including phenoxy) is 1. The van der Waals surface area contributed by atoms with Crippen molar-refractivity contribution in [2.24, 2.45) is 0 Å². The van der Waals surface area contributed by atoms with Crippen LogP contribution in [-0.2, 0) is 11.3 Å². The van der Waals surface area contributed by atoms with Crippen LogP contribution in [0.15, 0.2) is 24.4 Å². The largest absolute Gasteiger partial charge is 0.478 e. The highest BCUT2D eigenvalue weighted by atomic mass is 16.5. The summed E-state index contributed by atoms with van der Waals surface area (Å²) in [7, 11) is 0. The first-order valence-corrected chi connectivity index (χ1v) is 7.73. The van der Waals surface area contributed by atoms with Crippen molar-refractivity contribution in [2.45, 2.75) is 26.4 Å². The molecule has 1 saturated heterocycles. The minimum absolute atomic E-state index is 0.344. The summed E-state index contributed by atoms with van der Waals surface area (Å²) < 4.78 is 7.61. The lowest BCUT2D eigenvalue weighted by molar-refractivity contribution is 0.0343. The molecule has 1 aliphatic rings. The predicted molar refractivity (Wildman–Crippen MR) is 85.4 cm³/mol. The van der Waals surface area contributed by atoms with Crippen LogP contribution in [0.2, 0.25) is 0 Å². The highest BCUT2D eigenvalue weighted by molar-refractivity contribution is 5.95. The van der Waals surface area contributed by atoms with Crippen LogP contribution >= 0.6 is 0 Å². The van der Waals surface area contributed by atoms with Crippen LogP contribution in [0, 0.1) is 0 Å². The first-order chi connectivity index (χ1) is 10.6. The van der Waals surface area contributed by atoms with E-state index in [1.807, 2.05) is 6.07 Å². The number of carbonyl (C=O) groups is 1. The standard InChI is InChI=1S/C17H22N2O3/c1-12(2)19-11-14(10-18-5-7-22-8-6-18)15-9-13(17(20)21)3-4-16(15)19/h3-4,9,11-12H,5-8,10H2,1-2H3,(H,20,21). The van der Waals surface area contributed by atoms with Gasteiger partial charge in [-0.3, -0.25) is 4.90 Å². The van der Waals surface area contributed by atoms with Gasteiger partial charge >= 0.3 is 5.97 Å². The van der Waals surface area contributed by atoms with Crippen LogP contribution in [-0.4, -0.2) is 46.8 Å². The number of fused-ring (bicyclic) bond motifs is 1. The quantitative estimate of drug-likeness (QED) is 0.943. The number of hydrogen-bond donors (Lipinski definition) is 1. The summed E-state index contributed by atoms with van der Waals surface area (Å²) in [5.74, 6) is -0.878. The van der Waals surface area contributed by atoms with Crippen molar-refractivity contribution in [3.8, 4) is 0 Å².